The first-order valence-electron chi connectivity index (χ1n) is 6.81. The number of carbonyl (C=O) groups excluding carboxylic acids is 1. The fraction of sp³-hybridized carbons (Fsp3) is 0.250. The highest BCUT2D eigenvalue weighted by Gasteiger charge is 2.20. The molecular weight excluding hydrogens is 250 g/mol. The van der Waals surface area contributed by atoms with Crippen LogP contribution in [0.1, 0.15) is 21.5 Å². The van der Waals surface area contributed by atoms with Crippen molar-refractivity contribution in [3.05, 3.63) is 59.4 Å². The molecule has 1 aromatic heterocycles. The van der Waals surface area contributed by atoms with Crippen molar-refractivity contribution in [3.8, 4) is 0 Å². The molecule has 102 valence electrons. The fourth-order valence-corrected chi connectivity index (χ4v) is 2.64. The zero-order chi connectivity index (χ0) is 13.9. The molecule has 2 N–H and O–H groups in total. The van der Waals surface area contributed by atoms with Gasteiger partial charge in [0.25, 0.3) is 5.91 Å². The van der Waals surface area contributed by atoms with E-state index in [0.29, 0.717) is 11.3 Å². The summed E-state index contributed by atoms with van der Waals surface area (Å²) in [5, 5.41) is 0. The van der Waals surface area contributed by atoms with E-state index in [1.54, 1.807) is 12.3 Å². The molecule has 4 nitrogen and oxygen atoms in total. The van der Waals surface area contributed by atoms with Crippen LogP contribution >= 0.6 is 0 Å². The number of nitrogens with zero attached hydrogens (tertiary/aromatic N) is 2. The third-order valence-electron chi connectivity index (χ3n) is 3.79. The number of hydrogen-bond donors (Lipinski definition) is 1. The van der Waals surface area contributed by atoms with E-state index in [4.69, 9.17) is 5.73 Å². The molecule has 3 rings (SSSR count). The van der Waals surface area contributed by atoms with Crippen molar-refractivity contribution in [3.63, 3.8) is 0 Å². The van der Waals surface area contributed by atoms with Crippen LogP contribution in [-0.2, 0) is 12.8 Å². The summed E-state index contributed by atoms with van der Waals surface area (Å²) in [4.78, 5) is 18.4. The monoisotopic (exact) mass is 267 g/mol. The quantitative estimate of drug-likeness (QED) is 0.858. The van der Waals surface area contributed by atoms with Crippen LogP contribution in [0.5, 0.6) is 0 Å². The van der Waals surface area contributed by atoms with Gasteiger partial charge in [-0.1, -0.05) is 24.3 Å². The normalized spacial score (nSPS) is 14.5. The Morgan fingerprint density at radius 2 is 1.75 bits per heavy atom. The Hall–Kier alpha value is -2.36. The lowest BCUT2D eigenvalue weighted by atomic mass is 10.0. The molecule has 0 atom stereocenters. The SMILES string of the molecule is Nc1cnccc1C(=O)N1CCc2ccccc2CC1. The van der Waals surface area contributed by atoms with Crippen molar-refractivity contribution >= 4 is 11.6 Å². The van der Waals surface area contributed by atoms with Crippen LogP contribution in [0.3, 0.4) is 0 Å². The molecule has 1 aliphatic heterocycles. The number of pyridine rings is 1. The lowest BCUT2D eigenvalue weighted by Gasteiger charge is -2.20. The van der Waals surface area contributed by atoms with Gasteiger partial charge in [0.2, 0.25) is 0 Å². The van der Waals surface area contributed by atoms with Gasteiger partial charge in [-0.3, -0.25) is 9.78 Å². The summed E-state index contributed by atoms with van der Waals surface area (Å²) in [5.41, 5.74) is 9.51. The van der Waals surface area contributed by atoms with Crippen LogP contribution in [0.25, 0.3) is 0 Å². The van der Waals surface area contributed by atoms with Gasteiger partial charge in [0.05, 0.1) is 17.4 Å². The zero-order valence-electron chi connectivity index (χ0n) is 11.2. The van der Waals surface area contributed by atoms with E-state index in [-0.39, 0.29) is 5.91 Å². The molecule has 0 bridgehead atoms. The zero-order valence-corrected chi connectivity index (χ0v) is 11.2. The minimum absolute atomic E-state index is 0.00212. The Kier molecular flexibility index (Phi) is 3.37. The maximum Gasteiger partial charge on any atom is 0.256 e. The van der Waals surface area contributed by atoms with E-state index < -0.39 is 0 Å². The highest BCUT2D eigenvalue weighted by molar-refractivity contribution is 5.98. The lowest BCUT2D eigenvalue weighted by molar-refractivity contribution is 0.0764. The van der Waals surface area contributed by atoms with Gasteiger partial charge in [-0.25, -0.2) is 0 Å². The summed E-state index contributed by atoms with van der Waals surface area (Å²) < 4.78 is 0. The first-order chi connectivity index (χ1) is 9.75. The van der Waals surface area contributed by atoms with Crippen LogP contribution in [0.15, 0.2) is 42.7 Å². The molecule has 20 heavy (non-hydrogen) atoms. The smallest absolute Gasteiger partial charge is 0.256 e. The van der Waals surface area contributed by atoms with E-state index in [2.05, 4.69) is 29.2 Å². The molecule has 0 radical (unpaired) electrons. The van der Waals surface area contributed by atoms with Crippen molar-refractivity contribution < 1.29 is 4.79 Å². The Labute approximate surface area is 118 Å². The molecule has 0 fully saturated rings. The summed E-state index contributed by atoms with van der Waals surface area (Å²) in [7, 11) is 0. The Morgan fingerprint density at radius 1 is 1.10 bits per heavy atom. The molecule has 0 saturated heterocycles. The molecule has 0 saturated carbocycles. The average molecular weight is 267 g/mol. The summed E-state index contributed by atoms with van der Waals surface area (Å²) >= 11 is 0. The van der Waals surface area contributed by atoms with E-state index >= 15 is 0 Å². The number of carbonyl (C=O) groups is 1. The minimum Gasteiger partial charge on any atom is -0.397 e. The predicted octanol–water partition coefficient (Wildman–Crippen LogP) is 1.90. The number of benzene rings is 1. The number of amides is 1. The number of aromatic nitrogens is 1. The molecule has 0 spiro atoms. The molecule has 2 heterocycles. The average Bonchev–Trinajstić information content (AvgIpc) is 2.70. The largest absolute Gasteiger partial charge is 0.397 e. The molecule has 1 aliphatic rings. The molecule has 1 aromatic carbocycles. The maximum atomic E-state index is 12.5. The third-order valence-corrected chi connectivity index (χ3v) is 3.79. The van der Waals surface area contributed by atoms with Crippen LogP contribution < -0.4 is 5.73 Å². The van der Waals surface area contributed by atoms with Crippen molar-refractivity contribution in [2.24, 2.45) is 0 Å². The van der Waals surface area contributed by atoms with Gasteiger partial charge >= 0.3 is 0 Å². The second-order valence-electron chi connectivity index (χ2n) is 5.02. The fourth-order valence-electron chi connectivity index (χ4n) is 2.64. The van der Waals surface area contributed by atoms with Crippen molar-refractivity contribution in [2.45, 2.75) is 12.8 Å². The first kappa shape index (κ1) is 12.7. The summed E-state index contributed by atoms with van der Waals surface area (Å²) in [6, 6.07) is 10.1. The minimum atomic E-state index is -0.00212. The number of nitrogens with two attached hydrogens (primary N) is 1. The van der Waals surface area contributed by atoms with Gasteiger partial charge in [0, 0.05) is 19.3 Å². The Balaban J connectivity index is 1.80. The predicted molar refractivity (Wildman–Crippen MR) is 78.4 cm³/mol. The topological polar surface area (TPSA) is 59.2 Å². The second kappa shape index (κ2) is 5.33. The summed E-state index contributed by atoms with van der Waals surface area (Å²) in [6.07, 6.45) is 4.93. The van der Waals surface area contributed by atoms with Gasteiger partial charge in [-0.05, 0) is 30.0 Å². The van der Waals surface area contributed by atoms with Crippen LogP contribution in [0.2, 0.25) is 0 Å². The van der Waals surface area contributed by atoms with E-state index in [9.17, 15) is 4.79 Å². The van der Waals surface area contributed by atoms with Gasteiger partial charge < -0.3 is 10.6 Å². The second-order valence-corrected chi connectivity index (χ2v) is 5.02. The molecular formula is C16H17N3O. The van der Waals surface area contributed by atoms with Crippen LogP contribution in [0.4, 0.5) is 5.69 Å². The molecule has 4 heteroatoms. The summed E-state index contributed by atoms with van der Waals surface area (Å²) in [6.45, 7) is 1.47. The highest BCUT2D eigenvalue weighted by Crippen LogP contribution is 2.18. The summed E-state index contributed by atoms with van der Waals surface area (Å²) in [5.74, 6) is -0.00212. The standard InChI is InChI=1S/C16H17N3O/c17-15-11-18-8-5-14(15)16(20)19-9-6-12-3-1-2-4-13(12)7-10-19/h1-5,8,11H,6-7,9-10,17H2. The van der Waals surface area contributed by atoms with E-state index in [1.807, 2.05) is 4.90 Å². The maximum absolute atomic E-state index is 12.5. The highest BCUT2D eigenvalue weighted by atomic mass is 16.2. The molecule has 2 aromatic rings. The molecule has 1 amide bonds. The van der Waals surface area contributed by atoms with Crippen molar-refractivity contribution in [1.82, 2.24) is 9.88 Å². The third kappa shape index (κ3) is 2.37. The number of rotatable bonds is 1. The van der Waals surface area contributed by atoms with Gasteiger partial charge in [0.15, 0.2) is 0 Å². The van der Waals surface area contributed by atoms with E-state index in [0.717, 1.165) is 25.9 Å². The van der Waals surface area contributed by atoms with Crippen LogP contribution in [0, 0.1) is 0 Å². The number of nitrogen functional groups attached to an aromatic ring is 1. The van der Waals surface area contributed by atoms with Gasteiger partial charge in [-0.2, -0.15) is 0 Å². The number of fused-ring (bicyclic) bond motifs is 1. The van der Waals surface area contributed by atoms with Crippen molar-refractivity contribution in [1.29, 1.82) is 0 Å². The lowest BCUT2D eigenvalue weighted by Crippen LogP contribution is -2.33. The van der Waals surface area contributed by atoms with Gasteiger partial charge in [-0.15, -0.1) is 0 Å². The van der Waals surface area contributed by atoms with E-state index in [1.165, 1.54) is 17.3 Å². The van der Waals surface area contributed by atoms with Crippen LogP contribution in [-0.4, -0.2) is 28.9 Å². The number of anilines is 1. The van der Waals surface area contributed by atoms with Gasteiger partial charge in [0.1, 0.15) is 0 Å². The Morgan fingerprint density at radius 3 is 2.35 bits per heavy atom. The molecule has 0 aliphatic carbocycles. The molecule has 0 unspecified atom stereocenters. The van der Waals surface area contributed by atoms with Crippen molar-refractivity contribution in [2.75, 3.05) is 18.8 Å². The first-order valence-corrected chi connectivity index (χ1v) is 6.81. The number of hydrogen-bond acceptors (Lipinski definition) is 3. The Bertz CT molecular complexity index is 612.